The normalized spacial score (nSPS) is 10.7. The van der Waals surface area contributed by atoms with E-state index >= 15 is 0 Å². The van der Waals surface area contributed by atoms with E-state index < -0.39 is 0 Å². The summed E-state index contributed by atoms with van der Waals surface area (Å²) in [5.74, 6) is -0.389. The van der Waals surface area contributed by atoms with Gasteiger partial charge in [-0.1, -0.05) is 11.6 Å². The van der Waals surface area contributed by atoms with Crippen LogP contribution in [0.4, 0.5) is 0 Å². The maximum Gasteiger partial charge on any atom is 0.303 e. The molecule has 0 aliphatic heterocycles. The van der Waals surface area contributed by atoms with E-state index in [1.54, 1.807) is 0 Å². The van der Waals surface area contributed by atoms with Crippen LogP contribution < -0.4 is 0 Å². The molecule has 0 aliphatic carbocycles. The number of nitrogens with one attached hydrogen (secondary N) is 1. The molecule has 8 heteroatoms. The quantitative estimate of drug-likeness (QED) is 0.657. The highest BCUT2D eigenvalue weighted by molar-refractivity contribution is 14.1. The lowest BCUT2D eigenvalue weighted by atomic mass is 10.4. The summed E-state index contributed by atoms with van der Waals surface area (Å²) in [6.45, 7) is 1.33. The first kappa shape index (κ1) is 11.5. The summed E-state index contributed by atoms with van der Waals surface area (Å²) >= 11 is 7.93. The first-order chi connectivity index (χ1) is 7.58. The average Bonchev–Trinajstić information content (AvgIpc) is 2.56. The van der Waals surface area contributed by atoms with E-state index in [1.165, 1.54) is 6.92 Å². The van der Waals surface area contributed by atoms with Gasteiger partial charge in [-0.2, -0.15) is 5.10 Å². The predicted octanol–water partition coefficient (Wildman–Crippen LogP) is 1.67. The third-order valence-corrected chi connectivity index (χ3v) is 2.84. The lowest BCUT2D eigenvalue weighted by Crippen LogP contribution is -2.02. The Balaban J connectivity index is 2.40. The average molecular weight is 353 g/mol. The van der Waals surface area contributed by atoms with Crippen molar-refractivity contribution in [2.75, 3.05) is 0 Å². The molecule has 84 valence electrons. The minimum absolute atomic E-state index is 0.0123. The van der Waals surface area contributed by atoms with Gasteiger partial charge in [0.25, 0.3) is 0 Å². The lowest BCUT2D eigenvalue weighted by Gasteiger charge is -2.02. The van der Waals surface area contributed by atoms with Crippen molar-refractivity contribution < 1.29 is 9.53 Å². The molecule has 2 aromatic heterocycles. The van der Waals surface area contributed by atoms with E-state index in [0.717, 1.165) is 3.70 Å². The molecule has 2 heterocycles. The fraction of sp³-hybridized carbons (Fsp3) is 0.250. The highest BCUT2D eigenvalue weighted by Gasteiger charge is 2.12. The largest absolute Gasteiger partial charge is 0.459 e. The Bertz CT molecular complexity index is 556. The standard InChI is InChI=1S/C8H6ClIN4O2/c1-3(15)16-2-4-6(9)12-8-5(11-4)7(10)13-14-8/h2H2,1H3,(H,12,13,14). The monoisotopic (exact) mass is 352 g/mol. The summed E-state index contributed by atoms with van der Waals surface area (Å²) in [7, 11) is 0. The zero-order chi connectivity index (χ0) is 11.7. The summed E-state index contributed by atoms with van der Waals surface area (Å²) in [6.07, 6.45) is 0. The van der Waals surface area contributed by atoms with Crippen LogP contribution in [-0.2, 0) is 16.1 Å². The summed E-state index contributed by atoms with van der Waals surface area (Å²) in [5.41, 5.74) is 1.48. The van der Waals surface area contributed by atoms with Crippen molar-refractivity contribution in [3.8, 4) is 0 Å². The van der Waals surface area contributed by atoms with E-state index in [9.17, 15) is 4.79 Å². The van der Waals surface area contributed by atoms with Crippen molar-refractivity contribution in [3.63, 3.8) is 0 Å². The van der Waals surface area contributed by atoms with E-state index in [0.29, 0.717) is 16.9 Å². The molecule has 0 spiro atoms. The Hall–Kier alpha value is -0.960. The zero-order valence-corrected chi connectivity index (χ0v) is 11.0. The van der Waals surface area contributed by atoms with Gasteiger partial charge in [-0.05, 0) is 22.6 Å². The molecule has 6 nitrogen and oxygen atoms in total. The molecule has 0 saturated heterocycles. The molecular formula is C8H6ClIN4O2. The molecule has 0 saturated carbocycles. The van der Waals surface area contributed by atoms with Gasteiger partial charge < -0.3 is 4.74 Å². The zero-order valence-electron chi connectivity index (χ0n) is 8.12. The van der Waals surface area contributed by atoms with Gasteiger partial charge in [0.05, 0.1) is 0 Å². The number of esters is 1. The second-order valence-electron chi connectivity index (χ2n) is 2.95. The van der Waals surface area contributed by atoms with Crippen molar-refractivity contribution in [1.82, 2.24) is 20.2 Å². The van der Waals surface area contributed by atoms with Gasteiger partial charge in [0.15, 0.2) is 5.15 Å². The molecule has 16 heavy (non-hydrogen) atoms. The number of nitrogens with zero attached hydrogens (tertiary/aromatic N) is 3. The summed E-state index contributed by atoms with van der Waals surface area (Å²) in [5, 5.41) is 6.85. The topological polar surface area (TPSA) is 80.8 Å². The number of aromatic amines is 1. The third-order valence-electron chi connectivity index (χ3n) is 1.78. The van der Waals surface area contributed by atoms with Crippen molar-refractivity contribution in [1.29, 1.82) is 0 Å². The Morgan fingerprint density at radius 1 is 1.56 bits per heavy atom. The van der Waals surface area contributed by atoms with Gasteiger partial charge in [-0.15, -0.1) is 0 Å². The van der Waals surface area contributed by atoms with Crippen LogP contribution in [0.25, 0.3) is 11.2 Å². The van der Waals surface area contributed by atoms with Crippen LogP contribution in [0.5, 0.6) is 0 Å². The second-order valence-corrected chi connectivity index (χ2v) is 4.39. The van der Waals surface area contributed by atoms with Crippen molar-refractivity contribution >= 4 is 51.3 Å². The number of hydrogen-bond donors (Lipinski definition) is 1. The van der Waals surface area contributed by atoms with Crippen LogP contribution in [0.2, 0.25) is 5.15 Å². The number of ether oxygens (including phenoxy) is 1. The maximum absolute atomic E-state index is 10.7. The number of carbonyl (C=O) groups excluding carboxylic acids is 1. The van der Waals surface area contributed by atoms with Crippen molar-refractivity contribution in [3.05, 3.63) is 14.5 Å². The molecular weight excluding hydrogens is 346 g/mol. The first-order valence-corrected chi connectivity index (χ1v) is 5.73. The molecule has 0 amide bonds. The maximum atomic E-state index is 10.7. The molecule has 0 atom stereocenters. The van der Waals surface area contributed by atoms with Gasteiger partial charge in [0, 0.05) is 6.92 Å². The van der Waals surface area contributed by atoms with Gasteiger partial charge in [0.2, 0.25) is 5.65 Å². The Morgan fingerprint density at radius 3 is 3.00 bits per heavy atom. The van der Waals surface area contributed by atoms with Crippen LogP contribution >= 0.6 is 34.2 Å². The number of carbonyl (C=O) groups is 1. The molecule has 0 aromatic carbocycles. The fourth-order valence-corrected chi connectivity index (χ4v) is 1.74. The minimum Gasteiger partial charge on any atom is -0.459 e. The van der Waals surface area contributed by atoms with Gasteiger partial charge in [-0.3, -0.25) is 9.89 Å². The molecule has 1 N–H and O–H groups in total. The number of halogens is 2. The second kappa shape index (κ2) is 4.50. The van der Waals surface area contributed by atoms with Crippen LogP contribution in [0.3, 0.4) is 0 Å². The number of H-pyrrole nitrogens is 1. The van der Waals surface area contributed by atoms with Crippen LogP contribution in [0.1, 0.15) is 12.6 Å². The Kier molecular flexibility index (Phi) is 3.24. The molecule has 0 bridgehead atoms. The van der Waals surface area contributed by atoms with E-state index in [-0.39, 0.29) is 17.7 Å². The van der Waals surface area contributed by atoms with Crippen LogP contribution in [-0.4, -0.2) is 26.1 Å². The number of hydrogen-bond acceptors (Lipinski definition) is 5. The fourth-order valence-electron chi connectivity index (χ4n) is 1.08. The summed E-state index contributed by atoms with van der Waals surface area (Å²) < 4.78 is 5.58. The van der Waals surface area contributed by atoms with Crippen molar-refractivity contribution in [2.24, 2.45) is 0 Å². The van der Waals surface area contributed by atoms with Gasteiger partial charge >= 0.3 is 5.97 Å². The minimum atomic E-state index is -0.389. The van der Waals surface area contributed by atoms with Crippen LogP contribution in [0, 0.1) is 3.70 Å². The van der Waals surface area contributed by atoms with E-state index in [4.69, 9.17) is 16.3 Å². The first-order valence-electron chi connectivity index (χ1n) is 4.27. The molecule has 0 unspecified atom stereocenters. The van der Waals surface area contributed by atoms with Crippen LogP contribution in [0.15, 0.2) is 0 Å². The molecule has 0 radical (unpaired) electrons. The Labute approximate surface area is 109 Å². The SMILES string of the molecule is CC(=O)OCc1nc2c(I)[nH]nc2nc1Cl. The molecule has 0 aliphatic rings. The Morgan fingerprint density at radius 2 is 2.31 bits per heavy atom. The molecule has 2 aromatic rings. The van der Waals surface area contributed by atoms with Crippen molar-refractivity contribution in [2.45, 2.75) is 13.5 Å². The summed E-state index contributed by atoms with van der Waals surface area (Å²) in [4.78, 5) is 18.9. The smallest absolute Gasteiger partial charge is 0.303 e. The van der Waals surface area contributed by atoms with Gasteiger partial charge in [-0.25, -0.2) is 9.97 Å². The number of rotatable bonds is 2. The highest BCUT2D eigenvalue weighted by Crippen LogP contribution is 2.19. The lowest BCUT2D eigenvalue weighted by molar-refractivity contribution is -0.142. The summed E-state index contributed by atoms with van der Waals surface area (Å²) in [6, 6.07) is 0. The predicted molar refractivity (Wildman–Crippen MR) is 64.9 cm³/mol. The van der Waals surface area contributed by atoms with E-state index in [1.807, 2.05) is 0 Å². The molecule has 0 fully saturated rings. The molecule has 2 rings (SSSR count). The highest BCUT2D eigenvalue weighted by atomic mass is 127. The van der Waals surface area contributed by atoms with Gasteiger partial charge in [0.1, 0.15) is 21.5 Å². The number of aromatic nitrogens is 4. The third kappa shape index (κ3) is 2.24. The number of fused-ring (bicyclic) bond motifs is 1. The van der Waals surface area contributed by atoms with E-state index in [2.05, 4.69) is 42.8 Å².